The fourth-order valence-electron chi connectivity index (χ4n) is 2.93. The molecule has 0 radical (unpaired) electrons. The van der Waals surface area contributed by atoms with E-state index >= 15 is 0 Å². The summed E-state index contributed by atoms with van der Waals surface area (Å²) in [5.41, 5.74) is 1.77. The molecule has 3 rings (SSSR count). The lowest BCUT2D eigenvalue weighted by Crippen LogP contribution is -2.11. The maximum absolute atomic E-state index is 11.3. The van der Waals surface area contributed by atoms with Gasteiger partial charge in [-0.15, -0.1) is 5.11 Å². The third kappa shape index (κ3) is 4.17. The highest BCUT2D eigenvalue weighted by Gasteiger charge is 2.16. The second kappa shape index (κ2) is 7.89. The molecule has 7 nitrogen and oxygen atoms in total. The molecule has 0 aliphatic rings. The van der Waals surface area contributed by atoms with Crippen molar-refractivity contribution < 1.29 is 13.5 Å². The largest absolute Gasteiger partial charge is 0.493 e. The molecule has 0 saturated heterocycles. The van der Waals surface area contributed by atoms with Gasteiger partial charge in [0.1, 0.15) is 0 Å². The number of rotatable bonds is 7. The van der Waals surface area contributed by atoms with Crippen LogP contribution in [0, 0.1) is 0 Å². The number of aryl methyl sites for hydroxylation is 1. The first-order chi connectivity index (χ1) is 12.9. The van der Waals surface area contributed by atoms with Crippen molar-refractivity contribution in [1.82, 2.24) is 4.57 Å². The molecule has 27 heavy (non-hydrogen) atoms. The molecule has 1 heterocycles. The molecule has 3 N–H and O–H groups in total. The van der Waals surface area contributed by atoms with Gasteiger partial charge in [0.2, 0.25) is 15.9 Å². The van der Waals surface area contributed by atoms with E-state index in [0.717, 1.165) is 30.2 Å². The van der Waals surface area contributed by atoms with E-state index in [4.69, 9.17) is 5.14 Å². The van der Waals surface area contributed by atoms with Gasteiger partial charge in [0.25, 0.3) is 0 Å². The van der Waals surface area contributed by atoms with Crippen molar-refractivity contribution in [3.05, 3.63) is 48.5 Å². The number of nitrogens with two attached hydrogens (primary N) is 1. The fraction of sp³-hybridized carbons (Fsp3) is 0.263. The molecule has 0 atom stereocenters. The Morgan fingerprint density at radius 2 is 1.74 bits per heavy atom. The van der Waals surface area contributed by atoms with Crippen LogP contribution in [0.25, 0.3) is 10.9 Å². The lowest BCUT2D eigenvalue weighted by atomic mass is 10.2. The van der Waals surface area contributed by atoms with Crippen molar-refractivity contribution in [1.29, 1.82) is 0 Å². The van der Waals surface area contributed by atoms with E-state index in [1.807, 2.05) is 28.8 Å². The predicted molar refractivity (Wildman–Crippen MR) is 105 cm³/mol. The van der Waals surface area contributed by atoms with Crippen LogP contribution in [0.4, 0.5) is 11.4 Å². The van der Waals surface area contributed by atoms with Gasteiger partial charge in [-0.3, -0.25) is 0 Å². The van der Waals surface area contributed by atoms with Gasteiger partial charge < -0.3 is 9.67 Å². The highest BCUT2D eigenvalue weighted by Crippen LogP contribution is 2.39. The zero-order chi connectivity index (χ0) is 19.4. The van der Waals surface area contributed by atoms with Crippen LogP contribution in [0.1, 0.15) is 26.2 Å². The van der Waals surface area contributed by atoms with E-state index in [1.165, 1.54) is 24.3 Å². The molecule has 0 saturated carbocycles. The van der Waals surface area contributed by atoms with Gasteiger partial charge in [-0.2, -0.15) is 5.11 Å². The van der Waals surface area contributed by atoms with Crippen molar-refractivity contribution in [2.75, 3.05) is 0 Å². The average Bonchev–Trinajstić information content (AvgIpc) is 2.91. The summed E-state index contributed by atoms with van der Waals surface area (Å²) in [5, 5.41) is 24.9. The van der Waals surface area contributed by atoms with Crippen molar-refractivity contribution in [2.45, 2.75) is 37.6 Å². The lowest BCUT2D eigenvalue weighted by molar-refractivity contribution is 0.417. The van der Waals surface area contributed by atoms with E-state index in [-0.39, 0.29) is 10.8 Å². The third-order valence-corrected chi connectivity index (χ3v) is 5.26. The molecule has 3 aromatic rings. The molecule has 0 amide bonds. The van der Waals surface area contributed by atoms with E-state index in [9.17, 15) is 13.5 Å². The number of azo groups is 1. The predicted octanol–water partition coefficient (Wildman–Crippen LogP) is 4.60. The van der Waals surface area contributed by atoms with Gasteiger partial charge in [-0.05, 0) is 36.8 Å². The highest BCUT2D eigenvalue weighted by molar-refractivity contribution is 7.89. The maximum Gasteiger partial charge on any atom is 0.238 e. The van der Waals surface area contributed by atoms with Crippen LogP contribution < -0.4 is 5.14 Å². The molecule has 0 fully saturated rings. The van der Waals surface area contributed by atoms with E-state index in [2.05, 4.69) is 17.2 Å². The van der Waals surface area contributed by atoms with Crippen LogP contribution in [0.2, 0.25) is 0 Å². The number of unbranched alkanes of at least 4 members (excludes halogenated alkanes) is 2. The lowest BCUT2D eigenvalue weighted by Gasteiger charge is -2.05. The normalized spacial score (nSPS) is 12.2. The number of hydrogen-bond donors (Lipinski definition) is 2. The smallest absolute Gasteiger partial charge is 0.238 e. The summed E-state index contributed by atoms with van der Waals surface area (Å²) in [7, 11) is -3.75. The Kier molecular flexibility index (Phi) is 5.57. The number of nitrogens with zero attached hydrogens (tertiary/aromatic N) is 3. The molecule has 2 aromatic carbocycles. The van der Waals surface area contributed by atoms with Gasteiger partial charge in [0.05, 0.1) is 16.1 Å². The summed E-state index contributed by atoms with van der Waals surface area (Å²) < 4.78 is 24.5. The Bertz CT molecular complexity index is 1070. The fourth-order valence-corrected chi connectivity index (χ4v) is 3.44. The maximum atomic E-state index is 11.3. The highest BCUT2D eigenvalue weighted by atomic mass is 32.2. The molecule has 0 aliphatic heterocycles. The first-order valence-corrected chi connectivity index (χ1v) is 10.3. The second-order valence-electron chi connectivity index (χ2n) is 6.29. The Morgan fingerprint density at radius 1 is 1.04 bits per heavy atom. The number of hydrogen-bond acceptors (Lipinski definition) is 5. The first-order valence-electron chi connectivity index (χ1n) is 8.76. The summed E-state index contributed by atoms with van der Waals surface area (Å²) in [6.45, 7) is 2.84. The summed E-state index contributed by atoms with van der Waals surface area (Å²) in [5.74, 6) is 0.0807. The standard InChI is InChI=1S/C19H22N4O3S/c1-2-3-6-13-23-17-8-5-4-7-16(17)18(19(23)24)22-21-14-9-11-15(12-10-14)27(20,25)26/h4-5,7-12,24H,2-3,6,13H2,1H3,(H2,20,25,26). The van der Waals surface area contributed by atoms with E-state index in [0.29, 0.717) is 17.9 Å². The molecule has 0 aliphatic carbocycles. The van der Waals surface area contributed by atoms with Crippen LogP contribution >= 0.6 is 0 Å². The SMILES string of the molecule is CCCCCn1c(O)c(N=Nc2ccc(S(N)(=O)=O)cc2)c2ccccc21. The summed E-state index contributed by atoms with van der Waals surface area (Å²) in [6.07, 6.45) is 3.15. The molecule has 8 heteroatoms. The Labute approximate surface area is 158 Å². The zero-order valence-corrected chi connectivity index (χ0v) is 15.9. The minimum absolute atomic E-state index is 0.0109. The topological polar surface area (TPSA) is 110 Å². The first kappa shape index (κ1) is 19.1. The van der Waals surface area contributed by atoms with Crippen LogP contribution in [-0.2, 0) is 16.6 Å². The molecule has 0 spiro atoms. The Balaban J connectivity index is 1.94. The summed E-state index contributed by atoms with van der Waals surface area (Å²) in [4.78, 5) is 0.0109. The number of benzene rings is 2. The monoisotopic (exact) mass is 386 g/mol. The van der Waals surface area contributed by atoms with Crippen molar-refractivity contribution in [3.63, 3.8) is 0 Å². The number of para-hydroxylation sites is 1. The van der Waals surface area contributed by atoms with Gasteiger partial charge in [-0.25, -0.2) is 13.6 Å². The van der Waals surface area contributed by atoms with Gasteiger partial charge in [0.15, 0.2) is 5.69 Å². The summed E-state index contributed by atoms with van der Waals surface area (Å²) >= 11 is 0. The summed E-state index contributed by atoms with van der Waals surface area (Å²) in [6, 6.07) is 13.4. The zero-order valence-electron chi connectivity index (χ0n) is 15.0. The quantitative estimate of drug-likeness (QED) is 0.457. The van der Waals surface area contributed by atoms with Crippen molar-refractivity contribution >= 4 is 32.3 Å². The van der Waals surface area contributed by atoms with Gasteiger partial charge in [0, 0.05) is 11.9 Å². The molecular formula is C19H22N4O3S. The number of aromatic hydroxyl groups is 1. The molecule has 0 unspecified atom stereocenters. The van der Waals surface area contributed by atoms with Crippen molar-refractivity contribution in [3.8, 4) is 5.88 Å². The minimum Gasteiger partial charge on any atom is -0.493 e. The molecule has 0 bridgehead atoms. The van der Waals surface area contributed by atoms with Crippen LogP contribution in [-0.4, -0.2) is 18.1 Å². The van der Waals surface area contributed by atoms with Crippen LogP contribution in [0.3, 0.4) is 0 Å². The Hall–Kier alpha value is -2.71. The second-order valence-corrected chi connectivity index (χ2v) is 7.85. The minimum atomic E-state index is -3.75. The average molecular weight is 386 g/mol. The van der Waals surface area contributed by atoms with Crippen LogP contribution in [0.5, 0.6) is 5.88 Å². The van der Waals surface area contributed by atoms with E-state index in [1.54, 1.807) is 0 Å². The van der Waals surface area contributed by atoms with Crippen LogP contribution in [0.15, 0.2) is 63.7 Å². The molecule has 142 valence electrons. The van der Waals surface area contributed by atoms with Gasteiger partial charge in [-0.1, -0.05) is 38.0 Å². The Morgan fingerprint density at radius 3 is 2.41 bits per heavy atom. The number of primary sulfonamides is 1. The molecule has 1 aromatic heterocycles. The third-order valence-electron chi connectivity index (χ3n) is 4.33. The molecular weight excluding hydrogens is 364 g/mol. The number of aromatic nitrogens is 1. The van der Waals surface area contributed by atoms with E-state index < -0.39 is 10.0 Å². The number of sulfonamides is 1. The van der Waals surface area contributed by atoms with Gasteiger partial charge >= 0.3 is 0 Å². The van der Waals surface area contributed by atoms with Crippen molar-refractivity contribution in [2.24, 2.45) is 15.4 Å². The number of fused-ring (bicyclic) bond motifs is 1.